The highest BCUT2D eigenvalue weighted by Gasteiger charge is 2.51. The van der Waals surface area contributed by atoms with E-state index in [0.29, 0.717) is 0 Å². The van der Waals surface area contributed by atoms with E-state index in [9.17, 15) is 25.3 Å². The Hall–Kier alpha value is -3.27. The minimum atomic E-state index is -4.17. The molecule has 4 aromatic rings. The molecule has 3 aliphatic heterocycles. The van der Waals surface area contributed by atoms with Crippen LogP contribution in [0.3, 0.4) is 0 Å². The van der Waals surface area contributed by atoms with E-state index in [4.69, 9.17) is 0 Å². The quantitative estimate of drug-likeness (QED) is 0.273. The van der Waals surface area contributed by atoms with Crippen molar-refractivity contribution in [3.05, 3.63) is 72.8 Å². The van der Waals surface area contributed by atoms with Crippen molar-refractivity contribution < 1.29 is 25.3 Å². The lowest BCUT2D eigenvalue weighted by Crippen LogP contribution is -2.06. The van der Waals surface area contributed by atoms with Crippen LogP contribution in [0.5, 0.6) is 0 Å². The van der Waals surface area contributed by atoms with E-state index in [1.165, 1.54) is 18.2 Å². The molecule has 0 aliphatic carbocycles. The number of benzene rings is 4. The lowest BCUT2D eigenvalue weighted by Gasteiger charge is -2.14. The Labute approximate surface area is 203 Å². The average Bonchev–Trinajstić information content (AvgIpc) is 3.35. The lowest BCUT2D eigenvalue weighted by molar-refractivity contribution is 0.598. The topological polar surface area (TPSA) is 102 Å². The smallest absolute Gasteiger partial charge is 0.208 e. The molecule has 6 nitrogen and oxygen atoms in total. The van der Waals surface area contributed by atoms with Crippen molar-refractivity contribution in [1.82, 2.24) is 0 Å². The normalized spacial score (nSPS) is 17.7. The van der Waals surface area contributed by atoms with Crippen LogP contribution in [0.25, 0.3) is 33.4 Å². The molecular weight excluding hydrogens is 504 g/mol. The maximum Gasteiger partial charge on any atom is 0.208 e. The van der Waals surface area contributed by atoms with Crippen molar-refractivity contribution in [3.8, 4) is 33.4 Å². The number of fused-ring (bicyclic) bond motifs is 12. The summed E-state index contributed by atoms with van der Waals surface area (Å²) in [6.45, 7) is 4.00. The lowest BCUT2D eigenvalue weighted by atomic mass is 9.93. The molecule has 3 heterocycles. The molecule has 0 saturated carbocycles. The van der Waals surface area contributed by atoms with Crippen LogP contribution < -0.4 is 0 Å². The molecule has 0 atom stereocenters. The third-order valence-corrected chi connectivity index (χ3v) is 12.1. The summed E-state index contributed by atoms with van der Waals surface area (Å²) in [6, 6.07) is 18.6. The first kappa shape index (κ1) is 22.2. The Balaban J connectivity index is 0.00000112. The molecule has 0 amide bonds. The Bertz CT molecular complexity index is 1700. The molecule has 7 rings (SSSR count). The summed E-state index contributed by atoms with van der Waals surface area (Å²) in [6.07, 6.45) is 0. The van der Waals surface area contributed by atoms with Gasteiger partial charge in [0.15, 0.2) is 0 Å². The van der Waals surface area contributed by atoms with E-state index in [-0.39, 0.29) is 62.8 Å². The van der Waals surface area contributed by atoms with Gasteiger partial charge in [-0.15, -0.1) is 0 Å². The maximum atomic E-state index is 13.8. The summed E-state index contributed by atoms with van der Waals surface area (Å²) >= 11 is 0. The van der Waals surface area contributed by atoms with Crippen molar-refractivity contribution in [2.24, 2.45) is 0 Å². The summed E-state index contributed by atoms with van der Waals surface area (Å²) in [5.41, 5.74) is 0.978. The van der Waals surface area contributed by atoms with Gasteiger partial charge in [0, 0.05) is 33.4 Å². The van der Waals surface area contributed by atoms with Gasteiger partial charge in [0.1, 0.15) is 0 Å². The maximum absolute atomic E-state index is 13.8. The zero-order valence-corrected chi connectivity index (χ0v) is 21.1. The zero-order valence-electron chi connectivity index (χ0n) is 18.6. The Morgan fingerprint density at radius 3 is 0.886 bits per heavy atom. The Kier molecular flexibility index (Phi) is 4.38. The first-order chi connectivity index (χ1) is 16.7. The van der Waals surface area contributed by atoms with Gasteiger partial charge in [-0.3, -0.25) is 0 Å². The van der Waals surface area contributed by atoms with Crippen LogP contribution in [0, 0.1) is 0 Å². The molecule has 0 aromatic heterocycles. The van der Waals surface area contributed by atoms with Crippen LogP contribution in [0.1, 0.15) is 13.8 Å². The highest BCUT2D eigenvalue weighted by atomic mass is 32.2. The third-order valence-electron chi connectivity index (χ3n) is 6.51. The van der Waals surface area contributed by atoms with Gasteiger partial charge in [0.2, 0.25) is 29.5 Å². The van der Waals surface area contributed by atoms with Crippen molar-refractivity contribution >= 4 is 29.5 Å². The Morgan fingerprint density at radius 1 is 0.400 bits per heavy atom. The molecule has 0 saturated heterocycles. The summed E-state index contributed by atoms with van der Waals surface area (Å²) in [5.74, 6) is 0. The summed E-state index contributed by atoms with van der Waals surface area (Å²) in [4.78, 5) is -0.817. The molecule has 0 N–H and O–H groups in total. The van der Waals surface area contributed by atoms with E-state index < -0.39 is 29.5 Å². The SMILES string of the molecule is CC.O=S1(=O)c2ccccc2-c2c1c1c(c3c2S(=O)(=O)c2ccccc2-3)S(=O)(=O)c2ccccc2-1. The highest BCUT2D eigenvalue weighted by molar-refractivity contribution is 7.94. The third kappa shape index (κ3) is 2.45. The van der Waals surface area contributed by atoms with Crippen LogP contribution in [0.15, 0.2) is 102 Å². The van der Waals surface area contributed by atoms with Gasteiger partial charge < -0.3 is 0 Å². The second-order valence-corrected chi connectivity index (χ2v) is 13.7. The van der Waals surface area contributed by atoms with Crippen molar-refractivity contribution in [1.29, 1.82) is 0 Å². The number of hydrogen-bond donors (Lipinski definition) is 0. The highest BCUT2D eigenvalue weighted by Crippen LogP contribution is 2.63. The van der Waals surface area contributed by atoms with Gasteiger partial charge >= 0.3 is 0 Å². The molecule has 4 aromatic carbocycles. The number of hydrogen-bond acceptors (Lipinski definition) is 6. The van der Waals surface area contributed by atoms with E-state index in [0.717, 1.165) is 0 Å². The largest absolute Gasteiger partial charge is 0.218 e. The van der Waals surface area contributed by atoms with Crippen molar-refractivity contribution in [2.45, 2.75) is 43.2 Å². The second-order valence-electron chi connectivity index (χ2n) is 8.11. The molecule has 0 bridgehead atoms. The summed E-state index contributed by atoms with van der Waals surface area (Å²) in [5, 5.41) is 0. The van der Waals surface area contributed by atoms with Gasteiger partial charge in [-0.25, -0.2) is 25.3 Å². The van der Waals surface area contributed by atoms with Crippen LogP contribution >= 0.6 is 0 Å². The minimum Gasteiger partial charge on any atom is -0.218 e. The molecule has 0 unspecified atom stereocenters. The molecule has 0 spiro atoms. The van der Waals surface area contributed by atoms with E-state index in [1.54, 1.807) is 54.6 Å². The standard InChI is InChI=1S/C24H12O6S3.C2H6/c25-31(26)16-10-4-1-7-13(16)19-22(31)20-15-9-3-6-12-18(15)33(29,30)24(20)21-14-8-2-5-11-17(14)32(27,28)23(19)21;1-2/h1-12H;1-2H3. The zero-order chi connectivity index (χ0) is 24.9. The van der Waals surface area contributed by atoms with Gasteiger partial charge in [0.25, 0.3) is 0 Å². The van der Waals surface area contributed by atoms with Gasteiger partial charge in [-0.1, -0.05) is 68.4 Å². The molecule has 9 heteroatoms. The molecule has 0 radical (unpaired) electrons. The van der Waals surface area contributed by atoms with E-state index in [2.05, 4.69) is 0 Å². The molecule has 35 heavy (non-hydrogen) atoms. The van der Waals surface area contributed by atoms with Crippen molar-refractivity contribution in [3.63, 3.8) is 0 Å². The minimum absolute atomic E-state index is 0.0245. The predicted octanol–water partition coefficient (Wildman–Crippen LogP) is 5.15. The van der Waals surface area contributed by atoms with Crippen LogP contribution in [0.4, 0.5) is 0 Å². The average molecular weight is 523 g/mol. The summed E-state index contributed by atoms with van der Waals surface area (Å²) < 4.78 is 82.5. The fourth-order valence-corrected chi connectivity index (χ4v) is 11.2. The van der Waals surface area contributed by atoms with Gasteiger partial charge in [0.05, 0.1) is 29.4 Å². The number of sulfone groups is 3. The fourth-order valence-electron chi connectivity index (χ4n) is 5.28. The summed E-state index contributed by atoms with van der Waals surface area (Å²) in [7, 11) is -12.5. The van der Waals surface area contributed by atoms with Gasteiger partial charge in [-0.2, -0.15) is 0 Å². The Morgan fingerprint density at radius 2 is 0.629 bits per heavy atom. The van der Waals surface area contributed by atoms with E-state index in [1.807, 2.05) is 13.8 Å². The second kappa shape index (κ2) is 6.90. The monoisotopic (exact) mass is 522 g/mol. The molecular formula is C26H18O6S3. The number of rotatable bonds is 0. The van der Waals surface area contributed by atoms with E-state index >= 15 is 0 Å². The van der Waals surface area contributed by atoms with Crippen molar-refractivity contribution in [2.75, 3.05) is 0 Å². The van der Waals surface area contributed by atoms with Crippen LogP contribution in [-0.2, 0) is 29.5 Å². The fraction of sp³-hybridized carbons (Fsp3) is 0.0769. The van der Waals surface area contributed by atoms with Crippen LogP contribution in [0.2, 0.25) is 0 Å². The first-order valence-electron chi connectivity index (χ1n) is 11.0. The van der Waals surface area contributed by atoms with Crippen LogP contribution in [-0.4, -0.2) is 25.3 Å². The predicted molar refractivity (Wildman–Crippen MR) is 130 cm³/mol. The molecule has 0 fully saturated rings. The molecule has 3 aliphatic rings. The first-order valence-corrected chi connectivity index (χ1v) is 15.4. The molecule has 176 valence electrons. The van der Waals surface area contributed by atoms with Gasteiger partial charge in [-0.05, 0) is 18.2 Å².